The first kappa shape index (κ1) is 18.6. The molecular weight excluding hydrogens is 342 g/mol. The summed E-state index contributed by atoms with van der Waals surface area (Å²) in [5, 5.41) is 8.34. The van der Waals surface area contributed by atoms with Crippen LogP contribution in [0.25, 0.3) is 0 Å². The highest BCUT2D eigenvalue weighted by Crippen LogP contribution is 2.20. The van der Waals surface area contributed by atoms with Crippen molar-refractivity contribution in [3.05, 3.63) is 65.2 Å². The number of anilines is 1. The molecule has 6 heteroatoms. The minimum Gasteiger partial charge on any atom is -0.349 e. The van der Waals surface area contributed by atoms with Gasteiger partial charge in [-0.1, -0.05) is 23.8 Å². The Labute approximate surface area is 158 Å². The van der Waals surface area contributed by atoms with Crippen LogP contribution < -0.4 is 16.0 Å². The third kappa shape index (κ3) is 5.17. The maximum Gasteiger partial charge on any atom is 0.251 e. The lowest BCUT2D eigenvalue weighted by Crippen LogP contribution is -2.41. The molecule has 0 aliphatic heterocycles. The lowest BCUT2D eigenvalue weighted by atomic mass is 10.1. The summed E-state index contributed by atoms with van der Waals surface area (Å²) in [5.74, 6) is -0.802. The molecule has 3 rings (SSSR count). The molecule has 6 nitrogen and oxygen atoms in total. The van der Waals surface area contributed by atoms with Crippen LogP contribution in [0.15, 0.2) is 48.5 Å². The highest BCUT2D eigenvalue weighted by Gasteiger charge is 2.24. The third-order valence-corrected chi connectivity index (χ3v) is 4.33. The van der Waals surface area contributed by atoms with Crippen molar-refractivity contribution in [1.82, 2.24) is 10.6 Å². The SMILES string of the molecule is Cc1cccc(C(=O)N[C@H](C)C(=O)Nc2cccc(C(=O)NC3CC3)c2)c1. The van der Waals surface area contributed by atoms with Crippen LogP contribution in [0.1, 0.15) is 46.0 Å². The van der Waals surface area contributed by atoms with Gasteiger partial charge in [-0.15, -0.1) is 0 Å². The standard InChI is InChI=1S/C21H23N3O3/c1-13-5-3-6-15(11-13)20(26)22-14(2)19(25)24-18-8-4-7-16(12-18)21(27)23-17-9-10-17/h3-8,11-12,14,17H,9-10H2,1-2H3,(H,22,26)(H,23,27)(H,24,25)/t14-/m1/s1. The van der Waals surface area contributed by atoms with E-state index in [0.29, 0.717) is 16.8 Å². The second kappa shape index (κ2) is 8.03. The van der Waals surface area contributed by atoms with Gasteiger partial charge in [-0.2, -0.15) is 0 Å². The Bertz CT molecular complexity index is 874. The molecule has 2 aromatic rings. The van der Waals surface area contributed by atoms with E-state index in [0.717, 1.165) is 18.4 Å². The van der Waals surface area contributed by atoms with E-state index in [-0.39, 0.29) is 23.8 Å². The van der Waals surface area contributed by atoms with E-state index in [4.69, 9.17) is 0 Å². The van der Waals surface area contributed by atoms with E-state index < -0.39 is 6.04 Å². The molecule has 140 valence electrons. The first-order valence-corrected chi connectivity index (χ1v) is 9.01. The second-order valence-corrected chi connectivity index (χ2v) is 6.88. The topological polar surface area (TPSA) is 87.3 Å². The van der Waals surface area contributed by atoms with Crippen molar-refractivity contribution in [2.45, 2.75) is 38.8 Å². The molecule has 0 radical (unpaired) electrons. The molecule has 27 heavy (non-hydrogen) atoms. The maximum absolute atomic E-state index is 12.4. The molecule has 0 heterocycles. The number of hydrogen-bond donors (Lipinski definition) is 3. The van der Waals surface area contributed by atoms with E-state index in [1.54, 1.807) is 49.4 Å². The monoisotopic (exact) mass is 365 g/mol. The van der Waals surface area contributed by atoms with Gasteiger partial charge in [-0.05, 0) is 57.0 Å². The van der Waals surface area contributed by atoms with Crippen LogP contribution in [0.5, 0.6) is 0 Å². The van der Waals surface area contributed by atoms with E-state index in [2.05, 4.69) is 16.0 Å². The number of carbonyl (C=O) groups excluding carboxylic acids is 3. The second-order valence-electron chi connectivity index (χ2n) is 6.88. The quantitative estimate of drug-likeness (QED) is 0.735. The maximum atomic E-state index is 12.4. The number of nitrogens with one attached hydrogen (secondary N) is 3. The molecule has 1 atom stereocenters. The Morgan fingerprint density at radius 3 is 2.30 bits per heavy atom. The van der Waals surface area contributed by atoms with Gasteiger partial charge in [0.2, 0.25) is 5.91 Å². The van der Waals surface area contributed by atoms with E-state index >= 15 is 0 Å². The molecule has 2 aromatic carbocycles. The summed E-state index contributed by atoms with van der Waals surface area (Å²) in [4.78, 5) is 36.8. The van der Waals surface area contributed by atoms with Crippen molar-refractivity contribution in [3.8, 4) is 0 Å². The molecule has 0 bridgehead atoms. The number of amides is 3. The summed E-state index contributed by atoms with van der Waals surface area (Å²) in [5.41, 5.74) is 2.49. The number of hydrogen-bond acceptors (Lipinski definition) is 3. The van der Waals surface area contributed by atoms with Crippen LogP contribution in [-0.4, -0.2) is 29.8 Å². The Hall–Kier alpha value is -3.15. The highest BCUT2D eigenvalue weighted by atomic mass is 16.2. The number of aryl methyl sites for hydroxylation is 1. The van der Waals surface area contributed by atoms with Gasteiger partial charge in [-0.25, -0.2) is 0 Å². The summed E-state index contributed by atoms with van der Waals surface area (Å²) in [6, 6.07) is 13.5. The van der Waals surface area contributed by atoms with Crippen LogP contribution in [0.2, 0.25) is 0 Å². The van der Waals surface area contributed by atoms with Crippen molar-refractivity contribution >= 4 is 23.4 Å². The first-order valence-electron chi connectivity index (χ1n) is 9.01. The van der Waals surface area contributed by atoms with Gasteiger partial charge in [0.05, 0.1) is 0 Å². The van der Waals surface area contributed by atoms with Crippen LogP contribution >= 0.6 is 0 Å². The highest BCUT2D eigenvalue weighted by molar-refractivity contribution is 6.02. The van der Waals surface area contributed by atoms with E-state index in [9.17, 15) is 14.4 Å². The molecule has 1 saturated carbocycles. The number of rotatable bonds is 6. The van der Waals surface area contributed by atoms with Crippen LogP contribution in [-0.2, 0) is 4.79 Å². The Kier molecular flexibility index (Phi) is 5.54. The zero-order valence-electron chi connectivity index (χ0n) is 15.4. The average Bonchev–Trinajstić information content (AvgIpc) is 3.45. The predicted molar refractivity (Wildman–Crippen MR) is 104 cm³/mol. The number of benzene rings is 2. The minimum absolute atomic E-state index is 0.144. The lowest BCUT2D eigenvalue weighted by molar-refractivity contribution is -0.117. The summed E-state index contributed by atoms with van der Waals surface area (Å²) in [6.07, 6.45) is 2.03. The average molecular weight is 365 g/mol. The molecule has 0 unspecified atom stereocenters. The zero-order chi connectivity index (χ0) is 19.4. The predicted octanol–water partition coefficient (Wildman–Crippen LogP) is 2.64. The van der Waals surface area contributed by atoms with Crippen molar-refractivity contribution < 1.29 is 14.4 Å². The molecule has 0 saturated heterocycles. The normalized spacial score (nSPS) is 14.1. The lowest BCUT2D eigenvalue weighted by Gasteiger charge is -2.15. The van der Waals surface area contributed by atoms with Gasteiger partial charge in [0.15, 0.2) is 0 Å². The Morgan fingerprint density at radius 1 is 0.963 bits per heavy atom. The fourth-order valence-electron chi connectivity index (χ4n) is 2.62. The molecule has 3 amide bonds. The van der Waals surface area contributed by atoms with Gasteiger partial charge in [0.1, 0.15) is 6.04 Å². The first-order chi connectivity index (χ1) is 12.9. The van der Waals surface area contributed by atoms with Crippen molar-refractivity contribution in [2.75, 3.05) is 5.32 Å². The van der Waals surface area contributed by atoms with Crippen LogP contribution in [0.3, 0.4) is 0 Å². The van der Waals surface area contributed by atoms with Crippen LogP contribution in [0.4, 0.5) is 5.69 Å². The van der Waals surface area contributed by atoms with Gasteiger partial charge in [0, 0.05) is 22.9 Å². The molecule has 1 aliphatic rings. The van der Waals surface area contributed by atoms with E-state index in [1.165, 1.54) is 0 Å². The van der Waals surface area contributed by atoms with Gasteiger partial charge >= 0.3 is 0 Å². The minimum atomic E-state index is -0.720. The molecule has 1 aliphatic carbocycles. The van der Waals surface area contributed by atoms with Gasteiger partial charge < -0.3 is 16.0 Å². The molecular formula is C21H23N3O3. The van der Waals surface area contributed by atoms with Crippen molar-refractivity contribution in [2.24, 2.45) is 0 Å². The molecule has 0 aromatic heterocycles. The summed E-state index contributed by atoms with van der Waals surface area (Å²) >= 11 is 0. The van der Waals surface area contributed by atoms with Crippen molar-refractivity contribution in [1.29, 1.82) is 0 Å². The number of carbonyl (C=O) groups is 3. The Balaban J connectivity index is 1.59. The Morgan fingerprint density at radius 2 is 1.63 bits per heavy atom. The van der Waals surface area contributed by atoms with Gasteiger partial charge in [0.25, 0.3) is 11.8 Å². The third-order valence-electron chi connectivity index (χ3n) is 4.33. The summed E-state index contributed by atoms with van der Waals surface area (Å²) < 4.78 is 0. The van der Waals surface area contributed by atoms with E-state index in [1.807, 2.05) is 13.0 Å². The fraction of sp³-hybridized carbons (Fsp3) is 0.286. The fourth-order valence-corrected chi connectivity index (χ4v) is 2.62. The zero-order valence-corrected chi connectivity index (χ0v) is 15.4. The smallest absolute Gasteiger partial charge is 0.251 e. The summed E-state index contributed by atoms with van der Waals surface area (Å²) in [7, 11) is 0. The van der Waals surface area contributed by atoms with Crippen molar-refractivity contribution in [3.63, 3.8) is 0 Å². The molecule has 0 spiro atoms. The van der Waals surface area contributed by atoms with Crippen LogP contribution in [0, 0.1) is 6.92 Å². The largest absolute Gasteiger partial charge is 0.349 e. The summed E-state index contributed by atoms with van der Waals surface area (Å²) in [6.45, 7) is 3.52. The van der Waals surface area contributed by atoms with Gasteiger partial charge in [-0.3, -0.25) is 14.4 Å². The molecule has 1 fully saturated rings. The molecule has 3 N–H and O–H groups in total.